The highest BCUT2D eigenvalue weighted by atomic mass is 32.2. The largest absolute Gasteiger partial charge is 0.322 e. The van der Waals surface area contributed by atoms with Crippen LogP contribution in [0, 0.1) is 6.92 Å². The number of hydrogen-bond acceptors (Lipinski definition) is 3. The predicted molar refractivity (Wildman–Crippen MR) is 112 cm³/mol. The molecule has 150 valence electrons. The second-order valence-electron chi connectivity index (χ2n) is 7.35. The molecule has 28 heavy (non-hydrogen) atoms. The van der Waals surface area contributed by atoms with Crippen LogP contribution in [0.5, 0.6) is 0 Å². The molecule has 0 saturated carbocycles. The average Bonchev–Trinajstić information content (AvgIpc) is 3.23. The SMILES string of the molecule is CCCCc1ccc(NC(=O)c2ccc(C)c(S(=O)(=O)N3CCCC3)c2)cc1. The first kappa shape index (κ1) is 20.6. The van der Waals surface area contributed by atoms with Crippen molar-refractivity contribution in [1.29, 1.82) is 0 Å². The summed E-state index contributed by atoms with van der Waals surface area (Å²) in [7, 11) is -3.56. The normalized spacial score (nSPS) is 14.9. The molecule has 5 nitrogen and oxygen atoms in total. The average molecular weight is 401 g/mol. The maximum atomic E-state index is 12.9. The van der Waals surface area contributed by atoms with E-state index in [-0.39, 0.29) is 10.8 Å². The van der Waals surface area contributed by atoms with Crippen molar-refractivity contribution in [3.05, 3.63) is 59.2 Å². The number of aryl methyl sites for hydroxylation is 2. The number of amides is 1. The fourth-order valence-electron chi connectivity index (χ4n) is 3.43. The highest BCUT2D eigenvalue weighted by molar-refractivity contribution is 7.89. The molecule has 0 bridgehead atoms. The van der Waals surface area contributed by atoms with Crippen molar-refractivity contribution in [2.45, 2.75) is 50.8 Å². The van der Waals surface area contributed by atoms with Crippen molar-refractivity contribution in [3.63, 3.8) is 0 Å². The zero-order chi connectivity index (χ0) is 20.1. The number of sulfonamides is 1. The summed E-state index contributed by atoms with van der Waals surface area (Å²) < 4.78 is 27.3. The van der Waals surface area contributed by atoms with E-state index in [9.17, 15) is 13.2 Å². The van der Waals surface area contributed by atoms with Gasteiger partial charge in [0.1, 0.15) is 0 Å². The van der Waals surface area contributed by atoms with Gasteiger partial charge in [0.25, 0.3) is 5.91 Å². The fourth-order valence-corrected chi connectivity index (χ4v) is 5.19. The lowest BCUT2D eigenvalue weighted by molar-refractivity contribution is 0.102. The van der Waals surface area contributed by atoms with Gasteiger partial charge in [0.15, 0.2) is 0 Å². The molecule has 0 aliphatic carbocycles. The van der Waals surface area contributed by atoms with Crippen molar-refractivity contribution in [1.82, 2.24) is 4.31 Å². The van der Waals surface area contributed by atoms with Gasteiger partial charge < -0.3 is 5.32 Å². The van der Waals surface area contributed by atoms with E-state index >= 15 is 0 Å². The number of benzene rings is 2. The number of nitrogens with zero attached hydrogens (tertiary/aromatic N) is 1. The Labute approximate surface area is 167 Å². The molecule has 1 saturated heterocycles. The van der Waals surface area contributed by atoms with Crippen LogP contribution in [0.1, 0.15) is 54.1 Å². The number of unbranched alkanes of at least 4 members (excludes halogenated alkanes) is 1. The Hall–Kier alpha value is -2.18. The Bertz CT molecular complexity index is 931. The lowest BCUT2D eigenvalue weighted by atomic mass is 10.1. The van der Waals surface area contributed by atoms with Gasteiger partial charge in [-0.05, 0) is 68.0 Å². The van der Waals surface area contributed by atoms with Crippen molar-refractivity contribution >= 4 is 21.6 Å². The number of hydrogen-bond donors (Lipinski definition) is 1. The summed E-state index contributed by atoms with van der Waals surface area (Å²) in [4.78, 5) is 12.9. The third-order valence-electron chi connectivity index (χ3n) is 5.16. The van der Waals surface area contributed by atoms with E-state index in [2.05, 4.69) is 12.2 Å². The Morgan fingerprint density at radius 3 is 2.39 bits per heavy atom. The van der Waals surface area contributed by atoms with E-state index in [4.69, 9.17) is 0 Å². The maximum absolute atomic E-state index is 12.9. The summed E-state index contributed by atoms with van der Waals surface area (Å²) in [6.07, 6.45) is 5.08. The molecule has 1 aliphatic heterocycles. The topological polar surface area (TPSA) is 66.5 Å². The van der Waals surface area contributed by atoms with Crippen LogP contribution in [0.4, 0.5) is 5.69 Å². The lowest BCUT2D eigenvalue weighted by Gasteiger charge is -2.18. The number of carbonyl (C=O) groups excluding carboxylic acids is 1. The van der Waals surface area contributed by atoms with Gasteiger partial charge >= 0.3 is 0 Å². The second-order valence-corrected chi connectivity index (χ2v) is 9.25. The summed E-state index contributed by atoms with van der Waals surface area (Å²) >= 11 is 0. The molecule has 2 aromatic carbocycles. The van der Waals surface area contributed by atoms with Crippen LogP contribution in [-0.4, -0.2) is 31.7 Å². The second kappa shape index (κ2) is 8.88. The van der Waals surface area contributed by atoms with Crippen LogP contribution < -0.4 is 5.32 Å². The van der Waals surface area contributed by atoms with Crippen LogP contribution in [0.3, 0.4) is 0 Å². The lowest BCUT2D eigenvalue weighted by Crippen LogP contribution is -2.28. The molecule has 1 aliphatic rings. The molecule has 2 aromatic rings. The van der Waals surface area contributed by atoms with Gasteiger partial charge in [0.05, 0.1) is 4.90 Å². The Kier molecular flexibility index (Phi) is 6.52. The molecule has 1 amide bonds. The molecule has 6 heteroatoms. The third kappa shape index (κ3) is 4.62. The molecular weight excluding hydrogens is 372 g/mol. The van der Waals surface area contributed by atoms with Crippen LogP contribution in [0.2, 0.25) is 0 Å². The van der Waals surface area contributed by atoms with Crippen molar-refractivity contribution in [2.75, 3.05) is 18.4 Å². The molecule has 1 N–H and O–H groups in total. The molecule has 0 unspecified atom stereocenters. The summed E-state index contributed by atoms with van der Waals surface area (Å²) in [5.74, 6) is -0.306. The molecule has 1 fully saturated rings. The first-order valence-corrected chi connectivity index (χ1v) is 11.4. The van der Waals surface area contributed by atoms with E-state index in [1.165, 1.54) is 15.9 Å². The zero-order valence-corrected chi connectivity index (χ0v) is 17.4. The summed E-state index contributed by atoms with van der Waals surface area (Å²) in [6.45, 7) is 5.01. The van der Waals surface area contributed by atoms with Gasteiger partial charge in [-0.3, -0.25) is 4.79 Å². The Morgan fingerprint density at radius 2 is 1.75 bits per heavy atom. The predicted octanol–water partition coefficient (Wildman–Crippen LogP) is 4.37. The van der Waals surface area contributed by atoms with Gasteiger partial charge in [-0.25, -0.2) is 8.42 Å². The van der Waals surface area contributed by atoms with E-state index in [0.29, 0.717) is 29.9 Å². The summed E-state index contributed by atoms with van der Waals surface area (Å²) in [5, 5.41) is 2.86. The van der Waals surface area contributed by atoms with Crippen molar-refractivity contribution in [3.8, 4) is 0 Å². The van der Waals surface area contributed by atoms with Crippen molar-refractivity contribution in [2.24, 2.45) is 0 Å². The number of carbonyl (C=O) groups is 1. The zero-order valence-electron chi connectivity index (χ0n) is 16.6. The smallest absolute Gasteiger partial charge is 0.255 e. The van der Waals surface area contributed by atoms with Crippen LogP contribution >= 0.6 is 0 Å². The molecule has 1 heterocycles. The van der Waals surface area contributed by atoms with E-state index in [0.717, 1.165) is 32.1 Å². The Morgan fingerprint density at radius 1 is 1.07 bits per heavy atom. The fraction of sp³-hybridized carbons (Fsp3) is 0.409. The quantitative estimate of drug-likeness (QED) is 0.750. The third-order valence-corrected chi connectivity index (χ3v) is 7.20. The van der Waals surface area contributed by atoms with Gasteiger partial charge in [-0.2, -0.15) is 4.31 Å². The first-order valence-electron chi connectivity index (χ1n) is 9.93. The van der Waals surface area contributed by atoms with E-state index in [1.54, 1.807) is 19.1 Å². The minimum Gasteiger partial charge on any atom is -0.322 e. The highest BCUT2D eigenvalue weighted by Crippen LogP contribution is 2.25. The van der Waals surface area contributed by atoms with Gasteiger partial charge in [-0.15, -0.1) is 0 Å². The molecule has 3 rings (SSSR count). The highest BCUT2D eigenvalue weighted by Gasteiger charge is 2.29. The minimum absolute atomic E-state index is 0.219. The minimum atomic E-state index is -3.56. The standard InChI is InChI=1S/C22H28N2O3S/c1-3-4-7-18-9-12-20(13-10-18)23-22(25)19-11-8-17(2)21(16-19)28(26,27)24-14-5-6-15-24/h8-13,16H,3-7,14-15H2,1-2H3,(H,23,25). The van der Waals surface area contributed by atoms with Crippen molar-refractivity contribution < 1.29 is 13.2 Å². The number of rotatable bonds is 7. The molecule has 0 aromatic heterocycles. The van der Waals surface area contributed by atoms with E-state index < -0.39 is 10.0 Å². The number of anilines is 1. The monoisotopic (exact) mass is 400 g/mol. The van der Waals surface area contributed by atoms with Gasteiger partial charge in [0, 0.05) is 24.3 Å². The van der Waals surface area contributed by atoms with Crippen LogP contribution in [-0.2, 0) is 16.4 Å². The summed E-state index contributed by atoms with van der Waals surface area (Å²) in [6, 6.07) is 12.7. The molecule has 0 atom stereocenters. The van der Waals surface area contributed by atoms with Gasteiger partial charge in [-0.1, -0.05) is 31.5 Å². The summed E-state index contributed by atoms with van der Waals surface area (Å²) in [5.41, 5.74) is 2.95. The maximum Gasteiger partial charge on any atom is 0.255 e. The number of nitrogens with one attached hydrogen (secondary N) is 1. The molecule has 0 spiro atoms. The molecule has 0 radical (unpaired) electrons. The first-order chi connectivity index (χ1) is 13.4. The van der Waals surface area contributed by atoms with Crippen LogP contribution in [0.25, 0.3) is 0 Å². The van der Waals surface area contributed by atoms with Crippen LogP contribution in [0.15, 0.2) is 47.4 Å². The van der Waals surface area contributed by atoms with E-state index in [1.807, 2.05) is 24.3 Å². The molecular formula is C22H28N2O3S. The Balaban J connectivity index is 1.77. The van der Waals surface area contributed by atoms with Gasteiger partial charge in [0.2, 0.25) is 10.0 Å².